The minimum absolute atomic E-state index is 0.374. The SMILES string of the molecule is COCC[C@@]1(C(=O)O)CCCN(c2nnnn2-c2ccccc2)C1. The molecule has 24 heavy (non-hydrogen) atoms. The zero-order valence-corrected chi connectivity index (χ0v) is 13.6. The summed E-state index contributed by atoms with van der Waals surface area (Å²) in [5.41, 5.74) is 0.0164. The van der Waals surface area contributed by atoms with Gasteiger partial charge in [0.1, 0.15) is 0 Å². The normalized spacial score (nSPS) is 21.0. The Kier molecular flexibility index (Phi) is 4.75. The van der Waals surface area contributed by atoms with Gasteiger partial charge >= 0.3 is 5.97 Å². The molecule has 0 bridgehead atoms. The Morgan fingerprint density at radius 3 is 2.88 bits per heavy atom. The molecule has 1 aromatic carbocycles. The van der Waals surface area contributed by atoms with Crippen LogP contribution < -0.4 is 4.90 Å². The summed E-state index contributed by atoms with van der Waals surface area (Å²) in [5.74, 6) is -0.216. The number of piperidine rings is 1. The van der Waals surface area contributed by atoms with Crippen molar-refractivity contribution in [2.24, 2.45) is 5.41 Å². The number of carboxylic acids is 1. The standard InChI is InChI=1S/C16H21N5O3/c1-24-11-9-16(14(22)23)8-5-10-20(12-16)15-17-18-19-21(15)13-6-3-2-4-7-13/h2-4,6-7H,5,8-12H2,1H3,(H,22,23)/t16-/m0/s1. The van der Waals surface area contributed by atoms with Gasteiger partial charge in [-0.05, 0) is 41.8 Å². The number of benzene rings is 1. The first-order chi connectivity index (χ1) is 11.7. The summed E-state index contributed by atoms with van der Waals surface area (Å²) in [6.07, 6.45) is 1.88. The molecule has 1 atom stereocenters. The zero-order valence-electron chi connectivity index (χ0n) is 13.6. The first-order valence-corrected chi connectivity index (χ1v) is 7.97. The first kappa shape index (κ1) is 16.4. The largest absolute Gasteiger partial charge is 0.481 e. The third kappa shape index (κ3) is 3.09. The second-order valence-corrected chi connectivity index (χ2v) is 6.08. The van der Waals surface area contributed by atoms with Gasteiger partial charge < -0.3 is 14.7 Å². The molecule has 3 rings (SSSR count). The van der Waals surface area contributed by atoms with Gasteiger partial charge in [-0.3, -0.25) is 4.79 Å². The smallest absolute Gasteiger partial charge is 0.311 e. The van der Waals surface area contributed by atoms with Crippen LogP contribution in [0, 0.1) is 5.41 Å². The number of hydrogen-bond acceptors (Lipinski definition) is 6. The van der Waals surface area contributed by atoms with E-state index in [2.05, 4.69) is 15.5 Å². The van der Waals surface area contributed by atoms with Gasteiger partial charge in [0, 0.05) is 26.8 Å². The topological polar surface area (TPSA) is 93.4 Å². The number of carbonyl (C=O) groups is 1. The molecule has 1 aromatic heterocycles. The molecule has 0 radical (unpaired) electrons. The van der Waals surface area contributed by atoms with Gasteiger partial charge in [-0.2, -0.15) is 4.68 Å². The molecular weight excluding hydrogens is 310 g/mol. The van der Waals surface area contributed by atoms with Gasteiger partial charge in [-0.1, -0.05) is 23.3 Å². The van der Waals surface area contributed by atoms with Gasteiger partial charge in [0.25, 0.3) is 0 Å². The molecule has 8 nitrogen and oxygen atoms in total. The third-order valence-corrected chi connectivity index (χ3v) is 4.55. The maximum atomic E-state index is 11.9. The van der Waals surface area contributed by atoms with E-state index in [4.69, 9.17) is 4.74 Å². The highest BCUT2D eigenvalue weighted by atomic mass is 16.5. The van der Waals surface area contributed by atoms with Crippen LogP contribution in [-0.2, 0) is 9.53 Å². The Morgan fingerprint density at radius 1 is 1.38 bits per heavy atom. The quantitative estimate of drug-likeness (QED) is 0.854. The molecule has 128 valence electrons. The van der Waals surface area contributed by atoms with Crippen LogP contribution >= 0.6 is 0 Å². The Morgan fingerprint density at radius 2 is 2.17 bits per heavy atom. The summed E-state index contributed by atoms with van der Waals surface area (Å²) in [4.78, 5) is 13.9. The number of methoxy groups -OCH3 is 1. The van der Waals surface area contributed by atoms with Crippen molar-refractivity contribution in [1.29, 1.82) is 0 Å². The summed E-state index contributed by atoms with van der Waals surface area (Å²) in [7, 11) is 1.59. The highest BCUT2D eigenvalue weighted by molar-refractivity contribution is 5.76. The van der Waals surface area contributed by atoms with Crippen LogP contribution in [0.3, 0.4) is 0 Å². The van der Waals surface area contributed by atoms with Crippen LogP contribution in [0.25, 0.3) is 5.69 Å². The van der Waals surface area contributed by atoms with Crippen LogP contribution in [-0.4, -0.2) is 58.1 Å². The maximum Gasteiger partial charge on any atom is 0.311 e. The maximum absolute atomic E-state index is 11.9. The number of nitrogens with zero attached hydrogens (tertiary/aromatic N) is 5. The van der Waals surface area contributed by atoms with Crippen LogP contribution in [0.5, 0.6) is 0 Å². The number of aliphatic carboxylic acids is 1. The number of tetrazole rings is 1. The number of carboxylic acid groups (broad SMARTS) is 1. The molecule has 1 fully saturated rings. The van der Waals surface area contributed by atoms with Gasteiger partial charge in [0.05, 0.1) is 11.1 Å². The lowest BCUT2D eigenvalue weighted by molar-refractivity contribution is -0.150. The molecule has 0 aliphatic carbocycles. The van der Waals surface area contributed by atoms with E-state index in [1.807, 2.05) is 35.2 Å². The summed E-state index contributed by atoms with van der Waals surface area (Å²) in [5, 5.41) is 21.7. The highest BCUT2D eigenvalue weighted by Crippen LogP contribution is 2.35. The van der Waals surface area contributed by atoms with Crippen LogP contribution in [0.1, 0.15) is 19.3 Å². The summed E-state index contributed by atoms with van der Waals surface area (Å²) in [6, 6.07) is 9.58. The van der Waals surface area contributed by atoms with E-state index in [0.717, 1.165) is 18.7 Å². The van der Waals surface area contributed by atoms with Crippen LogP contribution in [0.2, 0.25) is 0 Å². The first-order valence-electron chi connectivity index (χ1n) is 7.97. The van der Waals surface area contributed by atoms with Crippen molar-refractivity contribution >= 4 is 11.9 Å². The summed E-state index contributed by atoms with van der Waals surface area (Å²) >= 11 is 0. The Hall–Kier alpha value is -2.48. The molecule has 8 heteroatoms. The number of para-hydroxylation sites is 1. The number of hydrogen-bond donors (Lipinski definition) is 1. The van der Waals surface area contributed by atoms with Crippen molar-refractivity contribution in [1.82, 2.24) is 20.2 Å². The monoisotopic (exact) mass is 331 g/mol. The minimum Gasteiger partial charge on any atom is -0.481 e. The fourth-order valence-corrected chi connectivity index (χ4v) is 3.20. The Bertz CT molecular complexity index is 690. The molecule has 2 aromatic rings. The van der Waals surface area contributed by atoms with E-state index >= 15 is 0 Å². The lowest BCUT2D eigenvalue weighted by atomic mass is 9.77. The fraction of sp³-hybridized carbons (Fsp3) is 0.500. The van der Waals surface area contributed by atoms with Gasteiger partial charge in [-0.25, -0.2) is 0 Å². The van der Waals surface area contributed by atoms with E-state index in [-0.39, 0.29) is 0 Å². The number of anilines is 1. The lowest BCUT2D eigenvalue weighted by Gasteiger charge is -2.39. The van der Waals surface area contributed by atoms with Gasteiger partial charge in [0.2, 0.25) is 5.95 Å². The van der Waals surface area contributed by atoms with Crippen LogP contribution in [0.15, 0.2) is 30.3 Å². The third-order valence-electron chi connectivity index (χ3n) is 4.55. The predicted octanol–water partition coefficient (Wildman–Crippen LogP) is 1.37. The molecule has 0 amide bonds. The van der Waals surface area contributed by atoms with Crippen molar-refractivity contribution in [3.63, 3.8) is 0 Å². The van der Waals surface area contributed by atoms with E-state index in [9.17, 15) is 9.90 Å². The summed E-state index contributed by atoms with van der Waals surface area (Å²) < 4.78 is 6.76. The Balaban J connectivity index is 1.88. The predicted molar refractivity (Wildman–Crippen MR) is 87.2 cm³/mol. The molecule has 0 spiro atoms. The molecule has 0 saturated carbocycles. The second-order valence-electron chi connectivity index (χ2n) is 6.08. The van der Waals surface area contributed by atoms with Crippen LogP contribution in [0.4, 0.5) is 5.95 Å². The lowest BCUT2D eigenvalue weighted by Crippen LogP contribution is -2.49. The fourth-order valence-electron chi connectivity index (χ4n) is 3.20. The molecule has 1 saturated heterocycles. The molecule has 1 aliphatic rings. The van der Waals surface area contributed by atoms with Crippen molar-refractivity contribution < 1.29 is 14.6 Å². The number of rotatable bonds is 6. The number of aromatic nitrogens is 4. The van der Waals surface area contributed by atoms with E-state index < -0.39 is 11.4 Å². The molecular formula is C16H21N5O3. The van der Waals surface area contributed by atoms with Crippen molar-refractivity contribution in [3.8, 4) is 5.69 Å². The molecule has 0 unspecified atom stereocenters. The second kappa shape index (κ2) is 6.96. The summed E-state index contributed by atoms with van der Waals surface area (Å²) in [6.45, 7) is 1.53. The van der Waals surface area contributed by atoms with Crippen molar-refractivity contribution in [2.75, 3.05) is 31.7 Å². The van der Waals surface area contributed by atoms with Gasteiger partial charge in [0.15, 0.2) is 0 Å². The number of ether oxygens (including phenoxy) is 1. The zero-order chi connectivity index (χ0) is 17.0. The molecule has 1 N–H and O–H groups in total. The van der Waals surface area contributed by atoms with E-state index in [1.54, 1.807) is 11.8 Å². The Labute approximate surface area is 140 Å². The van der Waals surface area contributed by atoms with Gasteiger partial charge in [-0.15, -0.1) is 0 Å². The molecule has 2 heterocycles. The minimum atomic E-state index is -0.832. The average molecular weight is 331 g/mol. The average Bonchev–Trinajstić information content (AvgIpc) is 3.10. The van der Waals surface area contributed by atoms with E-state index in [0.29, 0.717) is 31.9 Å². The molecule has 1 aliphatic heterocycles. The highest BCUT2D eigenvalue weighted by Gasteiger charge is 2.43. The van der Waals surface area contributed by atoms with Crippen molar-refractivity contribution in [2.45, 2.75) is 19.3 Å². The van der Waals surface area contributed by atoms with Crippen molar-refractivity contribution in [3.05, 3.63) is 30.3 Å². The van der Waals surface area contributed by atoms with E-state index in [1.165, 1.54) is 0 Å².